The second kappa shape index (κ2) is 13.7. The summed E-state index contributed by atoms with van der Waals surface area (Å²) in [6.45, 7) is 4.77. The Bertz CT molecular complexity index is 1470. The number of imidazole rings is 1. The standard InChI is InChI=1S/C34H37N3O3S/c1-3-10-24(2)36-34(39)28-13-7-8-16-33(28)41-22-29-26-14-9-15-30(38)27(26)17-18-31(29)40-32(21-37-20-19-35-23-37)25-11-5-4-6-12-25/h4-8,11-13,16-20,23-24,32H,3,9-10,14-15,21-22H2,1-2H3,(H,36,39)/t24?,32-/m1/s1. The van der Waals surface area contributed by atoms with E-state index in [2.05, 4.69) is 29.4 Å². The third-order valence-electron chi connectivity index (χ3n) is 7.50. The maximum absolute atomic E-state index is 13.2. The molecule has 1 heterocycles. The van der Waals surface area contributed by atoms with Crippen LogP contribution in [0, 0.1) is 0 Å². The first-order valence-electron chi connectivity index (χ1n) is 14.4. The lowest BCUT2D eigenvalue weighted by Crippen LogP contribution is -2.32. The lowest BCUT2D eigenvalue weighted by atomic mass is 9.87. The van der Waals surface area contributed by atoms with Crippen LogP contribution in [0.3, 0.4) is 0 Å². The molecule has 1 amide bonds. The van der Waals surface area contributed by atoms with E-state index < -0.39 is 0 Å². The SMILES string of the molecule is CCCC(C)NC(=O)c1ccccc1SCc1c(O[C@H](Cn2ccnc2)c2ccccc2)ccc2c1CCCC2=O. The molecule has 212 valence electrons. The number of thioether (sulfide) groups is 1. The molecule has 0 radical (unpaired) electrons. The summed E-state index contributed by atoms with van der Waals surface area (Å²) in [6.07, 6.45) is 9.45. The van der Waals surface area contributed by atoms with Gasteiger partial charge in [0.2, 0.25) is 0 Å². The minimum atomic E-state index is -0.246. The van der Waals surface area contributed by atoms with Gasteiger partial charge in [0.05, 0.1) is 18.4 Å². The van der Waals surface area contributed by atoms with Crippen LogP contribution in [0.15, 0.2) is 90.3 Å². The molecule has 1 aliphatic rings. The van der Waals surface area contributed by atoms with E-state index in [-0.39, 0.29) is 23.8 Å². The Kier molecular flexibility index (Phi) is 9.57. The molecule has 1 aliphatic carbocycles. The van der Waals surface area contributed by atoms with Crippen LogP contribution in [0.25, 0.3) is 0 Å². The summed E-state index contributed by atoms with van der Waals surface area (Å²) in [7, 11) is 0. The molecule has 0 spiro atoms. The molecule has 41 heavy (non-hydrogen) atoms. The quantitative estimate of drug-likeness (QED) is 0.180. The van der Waals surface area contributed by atoms with Crippen LogP contribution >= 0.6 is 11.8 Å². The summed E-state index contributed by atoms with van der Waals surface area (Å²) < 4.78 is 8.82. The molecule has 0 bridgehead atoms. The maximum Gasteiger partial charge on any atom is 0.252 e. The maximum atomic E-state index is 13.2. The summed E-state index contributed by atoms with van der Waals surface area (Å²) in [5, 5.41) is 3.14. The minimum Gasteiger partial charge on any atom is -0.484 e. The summed E-state index contributed by atoms with van der Waals surface area (Å²) in [5.74, 6) is 1.50. The van der Waals surface area contributed by atoms with Crippen molar-refractivity contribution in [2.45, 2.75) is 75.3 Å². The topological polar surface area (TPSA) is 73.2 Å². The van der Waals surface area contributed by atoms with Crippen molar-refractivity contribution in [1.82, 2.24) is 14.9 Å². The Labute approximate surface area is 246 Å². The zero-order valence-electron chi connectivity index (χ0n) is 23.7. The molecule has 4 aromatic rings. The van der Waals surface area contributed by atoms with Crippen LogP contribution in [0.2, 0.25) is 0 Å². The van der Waals surface area contributed by atoms with Crippen LogP contribution < -0.4 is 10.1 Å². The number of fused-ring (bicyclic) bond motifs is 1. The number of carbonyl (C=O) groups is 2. The Morgan fingerprint density at radius 3 is 2.66 bits per heavy atom. The van der Waals surface area contributed by atoms with Crippen LogP contribution in [0.4, 0.5) is 0 Å². The molecule has 6 nitrogen and oxygen atoms in total. The van der Waals surface area contributed by atoms with E-state index in [9.17, 15) is 9.59 Å². The van der Waals surface area contributed by atoms with Gasteiger partial charge in [-0.1, -0.05) is 55.8 Å². The van der Waals surface area contributed by atoms with E-state index in [1.807, 2.05) is 72.3 Å². The van der Waals surface area contributed by atoms with Gasteiger partial charge in [0.1, 0.15) is 11.9 Å². The van der Waals surface area contributed by atoms with Crippen LogP contribution in [-0.4, -0.2) is 27.3 Å². The molecule has 7 heteroatoms. The fourth-order valence-corrected chi connectivity index (χ4v) is 6.51. The van der Waals surface area contributed by atoms with Gasteiger partial charge in [-0.15, -0.1) is 11.8 Å². The van der Waals surface area contributed by atoms with Crippen molar-refractivity contribution < 1.29 is 14.3 Å². The fraction of sp³-hybridized carbons (Fsp3) is 0.324. The third-order valence-corrected chi connectivity index (χ3v) is 8.60. The molecule has 0 aliphatic heterocycles. The van der Waals surface area contributed by atoms with Gasteiger partial charge >= 0.3 is 0 Å². The van der Waals surface area contributed by atoms with Gasteiger partial charge in [0.15, 0.2) is 5.78 Å². The normalized spacial score (nSPS) is 14.2. The van der Waals surface area contributed by atoms with E-state index in [0.29, 0.717) is 24.3 Å². The highest BCUT2D eigenvalue weighted by molar-refractivity contribution is 7.98. The number of nitrogens with one attached hydrogen (secondary N) is 1. The molecule has 1 unspecified atom stereocenters. The number of nitrogens with zero attached hydrogens (tertiary/aromatic N) is 2. The number of ketones is 1. The van der Waals surface area contributed by atoms with Gasteiger partial charge in [-0.3, -0.25) is 9.59 Å². The van der Waals surface area contributed by atoms with Crippen molar-refractivity contribution in [2.24, 2.45) is 0 Å². The van der Waals surface area contributed by atoms with E-state index in [1.165, 1.54) is 0 Å². The number of hydrogen-bond acceptors (Lipinski definition) is 5. The minimum absolute atomic E-state index is 0.0553. The molecule has 0 saturated carbocycles. The molecular weight excluding hydrogens is 530 g/mol. The third kappa shape index (κ3) is 7.09. The van der Waals surface area contributed by atoms with Gasteiger partial charge in [0, 0.05) is 46.6 Å². The van der Waals surface area contributed by atoms with Gasteiger partial charge < -0.3 is 14.6 Å². The fourth-order valence-electron chi connectivity index (χ4n) is 5.40. The number of aromatic nitrogens is 2. The zero-order valence-corrected chi connectivity index (χ0v) is 24.5. The van der Waals surface area contributed by atoms with E-state index >= 15 is 0 Å². The van der Waals surface area contributed by atoms with Crippen molar-refractivity contribution in [3.05, 3.63) is 113 Å². The number of carbonyl (C=O) groups excluding carboxylic acids is 2. The predicted molar refractivity (Wildman–Crippen MR) is 164 cm³/mol. The molecule has 2 atom stereocenters. The average molecular weight is 568 g/mol. The predicted octanol–water partition coefficient (Wildman–Crippen LogP) is 7.43. The molecule has 3 aromatic carbocycles. The van der Waals surface area contributed by atoms with Gasteiger partial charge in [-0.05, 0) is 61.6 Å². The Balaban J connectivity index is 1.46. The molecule has 5 rings (SSSR count). The van der Waals surface area contributed by atoms with Crippen molar-refractivity contribution in [2.75, 3.05) is 0 Å². The first-order chi connectivity index (χ1) is 20.0. The monoisotopic (exact) mass is 567 g/mol. The number of Topliss-reactive ketones (excluding diaryl/α,β-unsaturated/α-hetero) is 1. The second-order valence-electron chi connectivity index (χ2n) is 10.6. The van der Waals surface area contributed by atoms with Crippen molar-refractivity contribution in [1.29, 1.82) is 0 Å². The molecule has 0 fully saturated rings. The zero-order chi connectivity index (χ0) is 28.6. The lowest BCUT2D eigenvalue weighted by Gasteiger charge is -2.26. The van der Waals surface area contributed by atoms with E-state index in [0.717, 1.165) is 58.6 Å². The smallest absolute Gasteiger partial charge is 0.252 e. The van der Waals surface area contributed by atoms with Gasteiger partial charge in [0.25, 0.3) is 5.91 Å². The highest BCUT2D eigenvalue weighted by Crippen LogP contribution is 2.38. The van der Waals surface area contributed by atoms with E-state index in [4.69, 9.17) is 4.74 Å². The molecule has 0 saturated heterocycles. The number of amides is 1. The van der Waals surface area contributed by atoms with E-state index in [1.54, 1.807) is 24.3 Å². The van der Waals surface area contributed by atoms with Crippen molar-refractivity contribution in [3.8, 4) is 5.75 Å². The van der Waals surface area contributed by atoms with Gasteiger partial charge in [-0.25, -0.2) is 4.98 Å². The Morgan fingerprint density at radius 2 is 1.88 bits per heavy atom. The highest BCUT2D eigenvalue weighted by atomic mass is 32.2. The number of hydrogen-bond donors (Lipinski definition) is 1. The Hall–Kier alpha value is -3.84. The molecule has 1 aromatic heterocycles. The Morgan fingerprint density at radius 1 is 1.07 bits per heavy atom. The van der Waals surface area contributed by atoms with Crippen LogP contribution in [0.1, 0.15) is 83.0 Å². The van der Waals surface area contributed by atoms with Crippen molar-refractivity contribution >= 4 is 23.5 Å². The van der Waals surface area contributed by atoms with Crippen LogP contribution in [-0.2, 0) is 18.7 Å². The number of ether oxygens (including phenoxy) is 1. The summed E-state index contributed by atoms with van der Waals surface area (Å²) in [4.78, 5) is 31.1. The number of benzene rings is 3. The molecule has 1 N–H and O–H groups in total. The van der Waals surface area contributed by atoms with Crippen molar-refractivity contribution in [3.63, 3.8) is 0 Å². The first-order valence-corrected chi connectivity index (χ1v) is 15.4. The lowest BCUT2D eigenvalue weighted by molar-refractivity contribution is 0.0933. The average Bonchev–Trinajstić information content (AvgIpc) is 3.50. The summed E-state index contributed by atoms with van der Waals surface area (Å²) >= 11 is 1.62. The molecular formula is C34H37N3O3S. The second-order valence-corrected chi connectivity index (χ2v) is 11.6. The largest absolute Gasteiger partial charge is 0.484 e. The highest BCUT2D eigenvalue weighted by Gasteiger charge is 2.25. The van der Waals surface area contributed by atoms with Crippen LogP contribution in [0.5, 0.6) is 5.75 Å². The summed E-state index contributed by atoms with van der Waals surface area (Å²) in [6, 6.07) is 21.9. The van der Waals surface area contributed by atoms with Gasteiger partial charge in [-0.2, -0.15) is 0 Å². The summed E-state index contributed by atoms with van der Waals surface area (Å²) in [5.41, 5.74) is 4.63. The number of rotatable bonds is 12. The first kappa shape index (κ1) is 28.7.